The van der Waals surface area contributed by atoms with Gasteiger partial charge in [0.1, 0.15) is 0 Å². The average Bonchev–Trinajstić information content (AvgIpc) is 2.33. The molecule has 70 valence electrons. The largest absolute Gasteiger partial charge is 0.372 e. The van der Waals surface area contributed by atoms with Gasteiger partial charge in [-0.25, -0.2) is 0 Å². The van der Waals surface area contributed by atoms with E-state index in [0.717, 1.165) is 12.8 Å². The number of rotatable bonds is 0. The summed E-state index contributed by atoms with van der Waals surface area (Å²) in [5.74, 6) is 0. The van der Waals surface area contributed by atoms with Crippen molar-refractivity contribution in [3.05, 3.63) is 0 Å². The van der Waals surface area contributed by atoms with Gasteiger partial charge in [-0.2, -0.15) is 0 Å². The van der Waals surface area contributed by atoms with Gasteiger partial charge in [0, 0.05) is 5.38 Å². The molecular weight excluding hydrogens is 172 g/mol. The van der Waals surface area contributed by atoms with Gasteiger partial charge < -0.3 is 4.74 Å². The first kappa shape index (κ1) is 8.83. The minimum atomic E-state index is 0.185. The van der Waals surface area contributed by atoms with Crippen molar-refractivity contribution < 1.29 is 4.74 Å². The first-order valence-corrected chi connectivity index (χ1v) is 5.46. The standard InChI is InChI=1S/C10H17ClO/c1-8-6-9(11)7-10(12-8)4-2-3-5-10/h8-9H,2-7H2,1H3. The lowest BCUT2D eigenvalue weighted by molar-refractivity contribution is -0.115. The van der Waals surface area contributed by atoms with Gasteiger partial charge in [-0.05, 0) is 32.6 Å². The number of halogens is 1. The van der Waals surface area contributed by atoms with E-state index in [0.29, 0.717) is 11.5 Å². The lowest BCUT2D eigenvalue weighted by Gasteiger charge is -2.39. The molecule has 2 fully saturated rings. The summed E-state index contributed by atoms with van der Waals surface area (Å²) >= 11 is 6.20. The molecule has 0 radical (unpaired) electrons. The van der Waals surface area contributed by atoms with Crippen LogP contribution in [0.2, 0.25) is 0 Å². The molecule has 2 aliphatic rings. The molecule has 1 saturated carbocycles. The molecule has 0 aromatic rings. The van der Waals surface area contributed by atoms with Crippen LogP contribution < -0.4 is 0 Å². The smallest absolute Gasteiger partial charge is 0.0700 e. The Morgan fingerprint density at radius 3 is 2.58 bits per heavy atom. The van der Waals surface area contributed by atoms with Crippen LogP contribution in [0.4, 0.5) is 0 Å². The molecule has 1 aliphatic carbocycles. The van der Waals surface area contributed by atoms with Crippen molar-refractivity contribution in [2.45, 2.75) is 62.5 Å². The molecule has 2 heteroatoms. The third kappa shape index (κ3) is 1.62. The maximum absolute atomic E-state index is 6.20. The highest BCUT2D eigenvalue weighted by molar-refractivity contribution is 6.20. The van der Waals surface area contributed by atoms with Crippen LogP contribution in [-0.4, -0.2) is 17.1 Å². The summed E-state index contributed by atoms with van der Waals surface area (Å²) in [5, 5.41) is 0.354. The van der Waals surface area contributed by atoms with Gasteiger partial charge in [-0.15, -0.1) is 11.6 Å². The molecule has 1 nitrogen and oxygen atoms in total. The Kier molecular flexibility index (Phi) is 2.35. The molecule has 1 saturated heterocycles. The summed E-state index contributed by atoms with van der Waals surface area (Å²) in [4.78, 5) is 0. The van der Waals surface area contributed by atoms with E-state index < -0.39 is 0 Å². The topological polar surface area (TPSA) is 9.23 Å². The van der Waals surface area contributed by atoms with E-state index in [2.05, 4.69) is 6.92 Å². The second-order valence-electron chi connectivity index (χ2n) is 4.36. The van der Waals surface area contributed by atoms with Gasteiger partial charge in [-0.1, -0.05) is 12.8 Å². The van der Waals surface area contributed by atoms with Gasteiger partial charge in [0.2, 0.25) is 0 Å². The fourth-order valence-electron chi connectivity index (χ4n) is 2.71. The predicted octanol–water partition coefficient (Wildman–Crippen LogP) is 3.11. The van der Waals surface area contributed by atoms with E-state index >= 15 is 0 Å². The SMILES string of the molecule is CC1CC(Cl)CC2(CCCC2)O1. The fraction of sp³-hybridized carbons (Fsp3) is 1.00. The van der Waals surface area contributed by atoms with Crippen LogP contribution in [0.3, 0.4) is 0 Å². The summed E-state index contributed by atoms with van der Waals surface area (Å²) in [6, 6.07) is 0. The Balaban J connectivity index is 2.04. The fourth-order valence-corrected chi connectivity index (χ4v) is 3.24. The minimum absolute atomic E-state index is 0.185. The maximum Gasteiger partial charge on any atom is 0.0700 e. The van der Waals surface area contributed by atoms with E-state index in [-0.39, 0.29) is 5.60 Å². The molecule has 0 aromatic carbocycles. The van der Waals surface area contributed by atoms with E-state index in [9.17, 15) is 0 Å². The normalized spacial score (nSPS) is 40.5. The monoisotopic (exact) mass is 188 g/mol. The Hall–Kier alpha value is 0.250. The number of hydrogen-bond donors (Lipinski definition) is 0. The maximum atomic E-state index is 6.20. The van der Waals surface area contributed by atoms with Crippen molar-refractivity contribution in [3.63, 3.8) is 0 Å². The third-order valence-corrected chi connectivity index (χ3v) is 3.48. The summed E-state index contributed by atoms with van der Waals surface area (Å²) < 4.78 is 6.02. The van der Waals surface area contributed by atoms with Gasteiger partial charge in [0.25, 0.3) is 0 Å². The van der Waals surface area contributed by atoms with Gasteiger partial charge in [0.05, 0.1) is 11.7 Å². The Morgan fingerprint density at radius 2 is 2.00 bits per heavy atom. The molecule has 0 aromatic heterocycles. The van der Waals surface area contributed by atoms with E-state index in [1.54, 1.807) is 0 Å². The Morgan fingerprint density at radius 1 is 1.33 bits per heavy atom. The van der Waals surface area contributed by atoms with Crippen LogP contribution in [-0.2, 0) is 4.74 Å². The van der Waals surface area contributed by atoms with Crippen LogP contribution in [0.5, 0.6) is 0 Å². The summed E-state index contributed by atoms with van der Waals surface area (Å²) in [5.41, 5.74) is 0.185. The zero-order valence-electron chi connectivity index (χ0n) is 7.68. The molecule has 1 aliphatic heterocycles. The zero-order chi connectivity index (χ0) is 8.60. The third-order valence-electron chi connectivity index (χ3n) is 3.15. The number of ether oxygens (including phenoxy) is 1. The molecule has 0 bridgehead atoms. The van der Waals surface area contributed by atoms with Crippen LogP contribution in [0.15, 0.2) is 0 Å². The van der Waals surface area contributed by atoms with Crippen molar-refractivity contribution in [2.24, 2.45) is 0 Å². The van der Waals surface area contributed by atoms with Crippen molar-refractivity contribution in [2.75, 3.05) is 0 Å². The lowest BCUT2D eigenvalue weighted by Crippen LogP contribution is -2.41. The molecule has 1 spiro atoms. The van der Waals surface area contributed by atoms with Crippen molar-refractivity contribution in [1.29, 1.82) is 0 Å². The van der Waals surface area contributed by atoms with Crippen LogP contribution in [0, 0.1) is 0 Å². The zero-order valence-corrected chi connectivity index (χ0v) is 8.44. The number of hydrogen-bond acceptors (Lipinski definition) is 1. The van der Waals surface area contributed by atoms with Gasteiger partial charge >= 0.3 is 0 Å². The summed E-state index contributed by atoms with van der Waals surface area (Å²) in [6.07, 6.45) is 7.62. The van der Waals surface area contributed by atoms with Crippen molar-refractivity contribution in [3.8, 4) is 0 Å². The molecule has 1 heterocycles. The van der Waals surface area contributed by atoms with Gasteiger partial charge in [0.15, 0.2) is 0 Å². The second kappa shape index (κ2) is 3.19. The van der Waals surface area contributed by atoms with Crippen LogP contribution in [0.25, 0.3) is 0 Å². The summed E-state index contributed by atoms with van der Waals surface area (Å²) in [7, 11) is 0. The minimum Gasteiger partial charge on any atom is -0.372 e. The molecule has 0 amide bonds. The molecule has 2 unspecified atom stereocenters. The highest BCUT2D eigenvalue weighted by atomic mass is 35.5. The van der Waals surface area contributed by atoms with E-state index in [4.69, 9.17) is 16.3 Å². The lowest BCUT2D eigenvalue weighted by atomic mass is 9.90. The van der Waals surface area contributed by atoms with Crippen LogP contribution >= 0.6 is 11.6 Å². The molecule has 2 atom stereocenters. The first-order chi connectivity index (χ1) is 5.70. The predicted molar refractivity (Wildman–Crippen MR) is 50.6 cm³/mol. The quantitative estimate of drug-likeness (QED) is 0.531. The van der Waals surface area contributed by atoms with Crippen LogP contribution in [0.1, 0.15) is 45.4 Å². The van der Waals surface area contributed by atoms with Crippen molar-refractivity contribution >= 4 is 11.6 Å². The molecule has 2 rings (SSSR count). The Labute approximate surface area is 79.4 Å². The highest BCUT2D eigenvalue weighted by Crippen LogP contribution is 2.43. The summed E-state index contributed by atoms with van der Waals surface area (Å²) in [6.45, 7) is 2.15. The Bertz CT molecular complexity index is 151. The second-order valence-corrected chi connectivity index (χ2v) is 4.97. The van der Waals surface area contributed by atoms with E-state index in [1.165, 1.54) is 25.7 Å². The first-order valence-electron chi connectivity index (χ1n) is 5.02. The van der Waals surface area contributed by atoms with Gasteiger partial charge in [-0.3, -0.25) is 0 Å². The number of alkyl halides is 1. The van der Waals surface area contributed by atoms with E-state index in [1.807, 2.05) is 0 Å². The average molecular weight is 189 g/mol. The molecular formula is C10H17ClO. The highest BCUT2D eigenvalue weighted by Gasteiger charge is 2.41. The molecule has 0 N–H and O–H groups in total. The molecule has 12 heavy (non-hydrogen) atoms. The van der Waals surface area contributed by atoms with Crippen molar-refractivity contribution in [1.82, 2.24) is 0 Å².